The predicted molar refractivity (Wildman–Crippen MR) is 57.0 cm³/mol. The van der Waals surface area contributed by atoms with Gasteiger partial charge in [-0.15, -0.1) is 0 Å². The molecule has 0 bridgehead atoms. The van der Waals surface area contributed by atoms with Crippen LogP contribution in [0, 0.1) is 6.92 Å². The first-order valence-electron chi connectivity index (χ1n) is 4.34. The fraction of sp³-hybridized carbons (Fsp3) is 0.300. The quantitative estimate of drug-likeness (QED) is 0.747. The van der Waals surface area contributed by atoms with Gasteiger partial charge in [-0.2, -0.15) is 0 Å². The molecule has 0 spiro atoms. The van der Waals surface area contributed by atoms with Gasteiger partial charge in [-0.1, -0.05) is 6.92 Å². The van der Waals surface area contributed by atoms with Gasteiger partial charge >= 0.3 is 0 Å². The molecule has 3 heteroatoms. The Morgan fingerprint density at radius 2 is 2.31 bits per heavy atom. The van der Waals surface area contributed by atoms with Crippen LogP contribution in [-0.4, -0.2) is 9.38 Å². The van der Waals surface area contributed by atoms with Gasteiger partial charge in [0.05, 0.1) is 0 Å². The molecule has 2 heterocycles. The molecule has 0 aliphatic carbocycles. The van der Waals surface area contributed by atoms with Crippen LogP contribution in [0.1, 0.15) is 18.2 Å². The maximum atomic E-state index is 4.31. The van der Waals surface area contributed by atoms with Crippen molar-refractivity contribution in [3.8, 4) is 0 Å². The van der Waals surface area contributed by atoms with Gasteiger partial charge in [0.2, 0.25) is 0 Å². The summed E-state index contributed by atoms with van der Waals surface area (Å²) in [5.41, 5.74) is 3.49. The van der Waals surface area contributed by atoms with Crippen LogP contribution in [0.15, 0.2) is 22.9 Å². The third kappa shape index (κ3) is 1.37. The van der Waals surface area contributed by atoms with Gasteiger partial charge in [-0.25, -0.2) is 4.98 Å². The minimum atomic E-state index is 1.03. The Hall–Kier alpha value is -0.830. The first-order valence-corrected chi connectivity index (χ1v) is 5.13. The molecule has 0 fully saturated rings. The summed E-state index contributed by atoms with van der Waals surface area (Å²) in [4.78, 5) is 4.31. The Bertz CT molecular complexity index is 445. The molecule has 2 nitrogen and oxygen atoms in total. The lowest BCUT2D eigenvalue weighted by Gasteiger charge is -2.03. The van der Waals surface area contributed by atoms with E-state index in [2.05, 4.69) is 51.4 Å². The number of nitrogens with zero attached hydrogens (tertiary/aromatic N) is 2. The Labute approximate surface area is 85.7 Å². The molecule has 2 aromatic rings. The van der Waals surface area contributed by atoms with Crippen LogP contribution in [0.4, 0.5) is 0 Å². The summed E-state index contributed by atoms with van der Waals surface area (Å²) in [5.74, 6) is 0. The standard InChI is InChI=1S/C10H11BrN2/c1-3-8-4-10-12-5-7(2)13(10)6-9(8)11/h4-6H,3H2,1-2H3. The minimum Gasteiger partial charge on any atom is -0.303 e. The van der Waals surface area contributed by atoms with Gasteiger partial charge in [0.25, 0.3) is 0 Å². The van der Waals surface area contributed by atoms with Crippen molar-refractivity contribution in [1.29, 1.82) is 0 Å². The average Bonchev–Trinajstić information content (AvgIpc) is 2.47. The fourth-order valence-corrected chi connectivity index (χ4v) is 2.03. The second-order valence-corrected chi connectivity index (χ2v) is 3.98. The number of fused-ring (bicyclic) bond motifs is 1. The van der Waals surface area contributed by atoms with Gasteiger partial charge in [0.15, 0.2) is 0 Å². The highest BCUT2D eigenvalue weighted by Crippen LogP contribution is 2.19. The number of halogens is 1. The maximum Gasteiger partial charge on any atom is 0.137 e. The molecule has 0 saturated carbocycles. The third-order valence-electron chi connectivity index (χ3n) is 2.24. The summed E-state index contributed by atoms with van der Waals surface area (Å²) in [5, 5.41) is 0. The summed E-state index contributed by atoms with van der Waals surface area (Å²) in [7, 11) is 0. The van der Waals surface area contributed by atoms with Crippen molar-refractivity contribution in [2.45, 2.75) is 20.3 Å². The van der Waals surface area contributed by atoms with Crippen LogP contribution in [0.3, 0.4) is 0 Å². The monoisotopic (exact) mass is 238 g/mol. The molecule has 0 aliphatic rings. The smallest absolute Gasteiger partial charge is 0.137 e. The Morgan fingerprint density at radius 1 is 1.54 bits per heavy atom. The van der Waals surface area contributed by atoms with E-state index in [1.54, 1.807) is 0 Å². The molecule has 0 unspecified atom stereocenters. The third-order valence-corrected chi connectivity index (χ3v) is 2.96. The van der Waals surface area contributed by atoms with E-state index in [0.717, 1.165) is 16.5 Å². The van der Waals surface area contributed by atoms with Gasteiger partial charge in [0.1, 0.15) is 5.65 Å². The molecule has 0 saturated heterocycles. The van der Waals surface area contributed by atoms with Crippen LogP contribution in [0.2, 0.25) is 0 Å². The van der Waals surface area contributed by atoms with Crippen LogP contribution in [0.5, 0.6) is 0 Å². The Morgan fingerprint density at radius 3 is 3.00 bits per heavy atom. The molecular formula is C10H11BrN2. The number of hydrogen-bond acceptors (Lipinski definition) is 1. The highest BCUT2D eigenvalue weighted by atomic mass is 79.9. The van der Waals surface area contributed by atoms with Crippen molar-refractivity contribution in [1.82, 2.24) is 9.38 Å². The number of aromatic nitrogens is 2. The topological polar surface area (TPSA) is 17.3 Å². The first-order chi connectivity index (χ1) is 6.22. The van der Waals surface area contributed by atoms with E-state index in [-0.39, 0.29) is 0 Å². The van der Waals surface area contributed by atoms with E-state index >= 15 is 0 Å². The summed E-state index contributed by atoms with van der Waals surface area (Å²) in [6.07, 6.45) is 5.00. The Kier molecular flexibility index (Phi) is 2.12. The summed E-state index contributed by atoms with van der Waals surface area (Å²) in [6.45, 7) is 4.20. The van der Waals surface area contributed by atoms with Crippen molar-refractivity contribution in [3.05, 3.63) is 34.2 Å². The molecule has 2 aromatic heterocycles. The van der Waals surface area contributed by atoms with Crippen LogP contribution >= 0.6 is 15.9 Å². The number of rotatable bonds is 1. The second-order valence-electron chi connectivity index (χ2n) is 3.13. The average molecular weight is 239 g/mol. The first kappa shape index (κ1) is 8.75. The molecule has 0 radical (unpaired) electrons. The zero-order valence-corrected chi connectivity index (χ0v) is 9.30. The molecule has 0 aromatic carbocycles. The summed E-state index contributed by atoms with van der Waals surface area (Å²) < 4.78 is 3.24. The van der Waals surface area contributed by atoms with Gasteiger partial charge in [0, 0.05) is 22.6 Å². The lowest BCUT2D eigenvalue weighted by atomic mass is 10.2. The predicted octanol–water partition coefficient (Wildman–Crippen LogP) is 2.97. The normalized spacial score (nSPS) is 11.0. The summed E-state index contributed by atoms with van der Waals surface area (Å²) in [6, 6.07) is 2.12. The highest BCUT2D eigenvalue weighted by Gasteiger charge is 2.03. The molecule has 2 rings (SSSR count). The van der Waals surface area contributed by atoms with E-state index in [1.165, 1.54) is 11.3 Å². The molecule has 0 N–H and O–H groups in total. The minimum absolute atomic E-state index is 1.03. The molecule has 0 amide bonds. The lowest BCUT2D eigenvalue weighted by molar-refractivity contribution is 1.05. The molecule has 0 atom stereocenters. The van der Waals surface area contributed by atoms with Crippen molar-refractivity contribution in [2.24, 2.45) is 0 Å². The van der Waals surface area contributed by atoms with Gasteiger partial charge < -0.3 is 4.40 Å². The van der Waals surface area contributed by atoms with E-state index in [9.17, 15) is 0 Å². The SMILES string of the molecule is CCc1cc2ncc(C)n2cc1Br. The number of pyridine rings is 1. The van der Waals surface area contributed by atoms with Crippen molar-refractivity contribution in [3.63, 3.8) is 0 Å². The Balaban J connectivity index is 2.76. The van der Waals surface area contributed by atoms with E-state index in [0.29, 0.717) is 0 Å². The molecule has 0 aliphatic heterocycles. The van der Waals surface area contributed by atoms with Crippen molar-refractivity contribution >= 4 is 21.6 Å². The lowest BCUT2D eigenvalue weighted by Crippen LogP contribution is -1.91. The number of imidazole rings is 1. The van der Waals surface area contributed by atoms with Crippen molar-refractivity contribution < 1.29 is 0 Å². The fourth-order valence-electron chi connectivity index (χ4n) is 1.43. The van der Waals surface area contributed by atoms with E-state index < -0.39 is 0 Å². The summed E-state index contributed by atoms with van der Waals surface area (Å²) >= 11 is 3.55. The molecule has 13 heavy (non-hydrogen) atoms. The van der Waals surface area contributed by atoms with Crippen LogP contribution < -0.4 is 0 Å². The number of hydrogen-bond donors (Lipinski definition) is 0. The van der Waals surface area contributed by atoms with Gasteiger partial charge in [-0.3, -0.25) is 0 Å². The van der Waals surface area contributed by atoms with E-state index in [1.807, 2.05) is 6.20 Å². The number of aryl methyl sites for hydroxylation is 2. The van der Waals surface area contributed by atoms with Crippen LogP contribution in [-0.2, 0) is 6.42 Å². The molecule has 68 valence electrons. The zero-order valence-electron chi connectivity index (χ0n) is 7.71. The highest BCUT2D eigenvalue weighted by molar-refractivity contribution is 9.10. The van der Waals surface area contributed by atoms with E-state index in [4.69, 9.17) is 0 Å². The van der Waals surface area contributed by atoms with Crippen LogP contribution in [0.25, 0.3) is 5.65 Å². The zero-order chi connectivity index (χ0) is 9.42. The second kappa shape index (κ2) is 3.14. The largest absolute Gasteiger partial charge is 0.303 e. The van der Waals surface area contributed by atoms with Gasteiger partial charge in [-0.05, 0) is 40.9 Å². The molecular weight excluding hydrogens is 228 g/mol. The maximum absolute atomic E-state index is 4.31. The van der Waals surface area contributed by atoms with Crippen molar-refractivity contribution in [2.75, 3.05) is 0 Å².